The Balaban J connectivity index is 1.70. The van der Waals surface area contributed by atoms with Crippen LogP contribution < -0.4 is 20.1 Å². The summed E-state index contributed by atoms with van der Waals surface area (Å²) < 4.78 is 28.7. The number of hydrogen-bond donors (Lipinski definition) is 2. The summed E-state index contributed by atoms with van der Waals surface area (Å²) in [4.78, 5) is 18.3. The van der Waals surface area contributed by atoms with Gasteiger partial charge in [-0.25, -0.2) is 4.21 Å². The van der Waals surface area contributed by atoms with Gasteiger partial charge in [-0.1, -0.05) is 50.1 Å². The van der Waals surface area contributed by atoms with Gasteiger partial charge in [0.05, 0.1) is 17.9 Å². The number of benzene rings is 2. The van der Waals surface area contributed by atoms with Crippen molar-refractivity contribution < 1.29 is 18.5 Å². The number of halogens is 1. The van der Waals surface area contributed by atoms with Crippen molar-refractivity contribution in [1.82, 2.24) is 9.62 Å². The normalized spacial score (nSPS) is 20.8. The third kappa shape index (κ3) is 10.8. The van der Waals surface area contributed by atoms with Crippen LogP contribution in [0.5, 0.6) is 5.75 Å². The van der Waals surface area contributed by atoms with Crippen LogP contribution >= 0.6 is 11.6 Å². The summed E-state index contributed by atoms with van der Waals surface area (Å²) in [6.45, 7) is 19.9. The molecule has 4 rings (SSSR count). The first-order valence-electron chi connectivity index (χ1n) is 19.7. The molecule has 2 aromatic carbocycles. The lowest BCUT2D eigenvalue weighted by Crippen LogP contribution is -2.52. The molecule has 0 radical (unpaired) electrons. The van der Waals surface area contributed by atoms with Gasteiger partial charge in [0.1, 0.15) is 16.7 Å². The molecule has 0 saturated heterocycles. The Labute approximate surface area is 321 Å². The molecule has 0 spiro atoms. The van der Waals surface area contributed by atoms with Gasteiger partial charge in [0, 0.05) is 60.6 Å². The molecular weight excluding hydrogens is 692 g/mol. The highest BCUT2D eigenvalue weighted by Crippen LogP contribution is 2.49. The second-order valence-corrected chi connectivity index (χ2v) is 17.3. The number of fused-ring (bicyclic) bond motifs is 1. The lowest BCUT2D eigenvalue weighted by molar-refractivity contribution is -0.100. The zero-order chi connectivity index (χ0) is 37.8. The molecule has 1 heterocycles. The molecule has 0 aromatic heterocycles. The second kappa shape index (κ2) is 20.3. The molecule has 1 aliphatic carbocycles. The first-order chi connectivity index (χ1) is 25.0. The number of nitrogens with two attached hydrogens (primary N) is 1. The van der Waals surface area contributed by atoms with E-state index in [9.17, 15) is 9.00 Å². The second-order valence-electron chi connectivity index (χ2n) is 15.1. The van der Waals surface area contributed by atoms with Crippen LogP contribution in [0, 0.1) is 11.8 Å². The largest absolute Gasteiger partial charge is 0.491 e. The summed E-state index contributed by atoms with van der Waals surface area (Å²) in [5.41, 5.74) is 9.53. The Bertz CT molecular complexity index is 1500. The van der Waals surface area contributed by atoms with Crippen LogP contribution in [0.4, 0.5) is 5.69 Å². The number of rotatable bonds is 20. The van der Waals surface area contributed by atoms with E-state index in [1.165, 1.54) is 11.1 Å². The van der Waals surface area contributed by atoms with Gasteiger partial charge in [-0.15, -0.1) is 0 Å². The number of carbonyl (C=O) groups excluding carboxylic acids is 1. The van der Waals surface area contributed by atoms with Crippen molar-refractivity contribution in [1.29, 1.82) is 0 Å². The minimum atomic E-state index is -1.47. The summed E-state index contributed by atoms with van der Waals surface area (Å²) >= 11 is 6.50. The Morgan fingerprint density at radius 2 is 1.94 bits per heavy atom. The fourth-order valence-corrected chi connectivity index (χ4v) is 8.73. The van der Waals surface area contributed by atoms with Gasteiger partial charge in [0.15, 0.2) is 0 Å². The molecule has 4 unspecified atom stereocenters. The van der Waals surface area contributed by atoms with E-state index in [-0.39, 0.29) is 22.7 Å². The highest BCUT2D eigenvalue weighted by molar-refractivity contribution is 7.84. The van der Waals surface area contributed by atoms with Gasteiger partial charge in [0.2, 0.25) is 0 Å². The number of amides is 1. The van der Waals surface area contributed by atoms with Gasteiger partial charge in [0.25, 0.3) is 5.91 Å². The number of ether oxygens (including phenoxy) is 2. The number of anilines is 1. The van der Waals surface area contributed by atoms with Crippen molar-refractivity contribution in [3.05, 3.63) is 70.3 Å². The number of nitrogens with one attached hydrogen (secondary N) is 1. The summed E-state index contributed by atoms with van der Waals surface area (Å²) in [6.07, 6.45) is 11.8. The van der Waals surface area contributed by atoms with Crippen LogP contribution in [0.1, 0.15) is 114 Å². The molecule has 5 atom stereocenters. The van der Waals surface area contributed by atoms with Crippen molar-refractivity contribution in [2.24, 2.45) is 17.6 Å². The van der Waals surface area contributed by atoms with E-state index in [0.717, 1.165) is 87.6 Å². The Kier molecular flexibility index (Phi) is 16.5. The number of allylic oxidation sites excluding steroid dienone is 1. The third-order valence-corrected chi connectivity index (χ3v) is 12.3. The first kappa shape index (κ1) is 42.3. The van der Waals surface area contributed by atoms with E-state index in [4.69, 9.17) is 26.8 Å². The quantitative estimate of drug-likeness (QED) is 0.131. The highest BCUT2D eigenvalue weighted by atomic mass is 35.5. The average molecular weight is 758 g/mol. The smallest absolute Gasteiger partial charge is 0.263 e. The standard InChI is InChI=1S/C42H65ClN4O4S/c1-8-11-20-42(51-10-3,21-12-23-46(24-22-44)30(4)5)38-18-14-34(38)27-47-28-35(37-17-16-36(43)25-32(37)13-9-2)29-50-40-19-15-33(26-39(40)47)41(48)45-52(49)31(6)7/h11,15-17,19-20,25-26,30-31,34-35,38H,8-10,12-14,18,21-24,27-29,44H2,1-7H3,(H,45,48)/b20-11+/t34?,35?,38?,42-,52?/m1/s1. The molecule has 10 heteroatoms. The fraction of sp³-hybridized carbons (Fsp3) is 0.643. The van der Waals surface area contributed by atoms with Crippen molar-refractivity contribution in [2.45, 2.75) is 116 Å². The topological polar surface area (TPSA) is 97.1 Å². The lowest BCUT2D eigenvalue weighted by Gasteiger charge is -2.50. The zero-order valence-electron chi connectivity index (χ0n) is 32.8. The van der Waals surface area contributed by atoms with E-state index in [2.05, 4.69) is 73.4 Å². The predicted octanol–water partition coefficient (Wildman–Crippen LogP) is 8.29. The molecule has 1 fully saturated rings. The minimum Gasteiger partial charge on any atom is -0.491 e. The van der Waals surface area contributed by atoms with Crippen LogP contribution in [0.25, 0.3) is 0 Å². The molecule has 0 bridgehead atoms. The lowest BCUT2D eigenvalue weighted by atomic mass is 9.62. The molecular formula is C42H65ClN4O4S. The fourth-order valence-electron chi connectivity index (χ4n) is 7.99. The predicted molar refractivity (Wildman–Crippen MR) is 218 cm³/mol. The molecule has 2 aromatic rings. The number of nitrogens with zero attached hydrogens (tertiary/aromatic N) is 2. The van der Waals surface area contributed by atoms with E-state index in [1.54, 1.807) is 6.07 Å². The molecule has 1 saturated carbocycles. The summed E-state index contributed by atoms with van der Waals surface area (Å²) in [6, 6.07) is 12.3. The molecule has 52 heavy (non-hydrogen) atoms. The van der Waals surface area contributed by atoms with Crippen molar-refractivity contribution in [3.63, 3.8) is 0 Å². The maximum atomic E-state index is 13.3. The van der Waals surface area contributed by atoms with E-state index in [1.807, 2.05) is 32.0 Å². The van der Waals surface area contributed by atoms with Crippen molar-refractivity contribution in [2.75, 3.05) is 50.8 Å². The van der Waals surface area contributed by atoms with Gasteiger partial charge in [-0.05, 0) is 133 Å². The van der Waals surface area contributed by atoms with Crippen LogP contribution in [-0.2, 0) is 22.1 Å². The molecule has 1 amide bonds. The van der Waals surface area contributed by atoms with Crippen LogP contribution in [0.15, 0.2) is 48.6 Å². The third-order valence-electron chi connectivity index (χ3n) is 10.8. The number of hydrogen-bond acceptors (Lipinski definition) is 7. The molecule has 290 valence electrons. The van der Waals surface area contributed by atoms with Crippen molar-refractivity contribution >= 4 is 34.2 Å². The first-order valence-corrected chi connectivity index (χ1v) is 21.3. The van der Waals surface area contributed by atoms with E-state index in [0.29, 0.717) is 43.2 Å². The summed E-state index contributed by atoms with van der Waals surface area (Å²) in [7, 11) is -1.47. The van der Waals surface area contributed by atoms with Crippen LogP contribution in [-0.4, -0.2) is 77.8 Å². The SMILES string of the molecule is CC/C=C/[C@](CCCN(CCN)C(C)C)(OCC)C1CCC1CN1CC(c2ccc(Cl)cc2CCC)COc2ccc(C(=O)NS(=O)C(C)C)cc21. The minimum absolute atomic E-state index is 0.108. The average Bonchev–Trinajstić information content (AvgIpc) is 3.28. The zero-order valence-corrected chi connectivity index (χ0v) is 34.4. The Morgan fingerprint density at radius 1 is 1.15 bits per heavy atom. The Hall–Kier alpha value is -2.43. The highest BCUT2D eigenvalue weighted by Gasteiger charge is 2.47. The van der Waals surface area contributed by atoms with Crippen molar-refractivity contribution in [3.8, 4) is 5.75 Å². The maximum absolute atomic E-state index is 13.3. The summed E-state index contributed by atoms with van der Waals surface area (Å²) in [5, 5.41) is 0.569. The van der Waals surface area contributed by atoms with Gasteiger partial charge in [-0.3, -0.25) is 14.4 Å². The van der Waals surface area contributed by atoms with E-state index < -0.39 is 11.0 Å². The Morgan fingerprint density at radius 3 is 2.58 bits per heavy atom. The van der Waals surface area contributed by atoms with Crippen LogP contribution in [0.2, 0.25) is 5.02 Å². The summed E-state index contributed by atoms with van der Waals surface area (Å²) in [5.74, 6) is 1.27. The monoisotopic (exact) mass is 756 g/mol. The molecule has 8 nitrogen and oxygen atoms in total. The van der Waals surface area contributed by atoms with Gasteiger partial charge in [-0.2, -0.15) is 0 Å². The van der Waals surface area contributed by atoms with Crippen LogP contribution in [0.3, 0.4) is 0 Å². The number of carbonyl (C=O) groups is 1. The maximum Gasteiger partial charge on any atom is 0.263 e. The number of aryl methyl sites for hydroxylation is 1. The molecule has 2 aliphatic rings. The van der Waals surface area contributed by atoms with Gasteiger partial charge < -0.3 is 20.1 Å². The van der Waals surface area contributed by atoms with Gasteiger partial charge >= 0.3 is 0 Å². The molecule has 1 aliphatic heterocycles. The van der Waals surface area contributed by atoms with E-state index >= 15 is 0 Å². The molecule has 3 N–H and O–H groups in total.